The zero-order valence-electron chi connectivity index (χ0n) is 26.7. The monoisotopic (exact) mass is 630 g/mol. The molecule has 1 atom stereocenters. The van der Waals surface area contributed by atoms with E-state index >= 15 is 4.57 Å². The number of carbonyl (C=O) groups excluding carboxylic acids is 2. The number of hydrogen-bond donors (Lipinski definition) is 0. The number of Topliss-reactive ketones (excluding diaryl/α,β-unsaturated/α-hetero) is 2. The Hall–Kier alpha value is -5.11. The molecule has 0 bridgehead atoms. The van der Waals surface area contributed by atoms with Gasteiger partial charge in [-0.3, -0.25) is 9.59 Å². The van der Waals surface area contributed by atoms with Gasteiger partial charge in [-0.15, -0.1) is 0 Å². The average molecular weight is 631 g/mol. The van der Waals surface area contributed by atoms with Crippen molar-refractivity contribution in [2.75, 3.05) is 0 Å². The van der Waals surface area contributed by atoms with Crippen LogP contribution in [0.25, 0.3) is 32.3 Å². The van der Waals surface area contributed by atoms with Crippen LogP contribution in [0.5, 0.6) is 0 Å². The zero-order valence-corrected chi connectivity index (χ0v) is 27.6. The average Bonchev–Trinajstić information content (AvgIpc) is 3.10. The lowest BCUT2D eigenvalue weighted by Gasteiger charge is -2.30. The van der Waals surface area contributed by atoms with Gasteiger partial charge in [0, 0.05) is 26.9 Å². The second-order valence-corrected chi connectivity index (χ2v) is 15.9. The first-order valence-electron chi connectivity index (χ1n) is 15.9. The van der Waals surface area contributed by atoms with Crippen LogP contribution < -0.4 is 15.9 Å². The molecule has 0 N–H and O–H groups in total. The minimum Gasteiger partial charge on any atom is -0.309 e. The quantitative estimate of drug-likeness (QED) is 0.100. The maximum absolute atomic E-state index is 16.5. The number of carbonyl (C=O) groups is 2. The van der Waals surface area contributed by atoms with E-state index in [2.05, 4.69) is 0 Å². The van der Waals surface area contributed by atoms with Crippen LogP contribution in [-0.2, 0) is 9.36 Å². The smallest absolute Gasteiger partial charge is 0.177 e. The number of rotatable bonds is 7. The molecule has 7 aromatic carbocycles. The zero-order chi connectivity index (χ0) is 32.8. The first-order valence-corrected chi connectivity index (χ1v) is 17.6. The Bertz CT molecular complexity index is 2280. The third-order valence-corrected chi connectivity index (χ3v) is 12.2. The number of ketones is 2. The van der Waals surface area contributed by atoms with Crippen molar-refractivity contribution in [1.29, 1.82) is 0 Å². The Balaban J connectivity index is 1.61. The highest BCUT2D eigenvalue weighted by Gasteiger charge is 2.42. The van der Waals surface area contributed by atoms with Gasteiger partial charge < -0.3 is 4.57 Å². The summed E-state index contributed by atoms with van der Waals surface area (Å²) in [5.41, 5.74) is 0.112. The van der Waals surface area contributed by atoms with Crippen molar-refractivity contribution in [3.8, 4) is 0 Å². The summed E-state index contributed by atoms with van der Waals surface area (Å²) >= 11 is 0. The summed E-state index contributed by atoms with van der Waals surface area (Å²) in [4.78, 5) is 29.3. The van der Waals surface area contributed by atoms with Crippen LogP contribution in [0.15, 0.2) is 152 Å². The molecule has 0 spiro atoms. The predicted octanol–water partition coefficient (Wildman–Crippen LogP) is 9.37. The minimum absolute atomic E-state index is 0.215. The molecule has 7 aromatic rings. The van der Waals surface area contributed by atoms with Gasteiger partial charge >= 0.3 is 0 Å². The molecule has 0 aliphatic rings. The van der Waals surface area contributed by atoms with Gasteiger partial charge in [0.05, 0.1) is 0 Å². The second kappa shape index (κ2) is 11.9. The Morgan fingerprint density at radius 3 is 1.55 bits per heavy atom. The lowest BCUT2D eigenvalue weighted by atomic mass is 9.75. The Morgan fingerprint density at radius 2 is 1.00 bits per heavy atom. The van der Waals surface area contributed by atoms with Gasteiger partial charge in [-0.1, -0.05) is 154 Å². The summed E-state index contributed by atoms with van der Waals surface area (Å²) in [6.45, 7) is 5.53. The Labute approximate surface area is 275 Å². The molecule has 0 heterocycles. The molecule has 47 heavy (non-hydrogen) atoms. The number of benzene rings is 7. The summed E-state index contributed by atoms with van der Waals surface area (Å²) in [6, 6.07) is 48.6. The largest absolute Gasteiger partial charge is 0.309 e. The lowest BCUT2D eigenvalue weighted by molar-refractivity contribution is -0.126. The molecule has 0 aromatic heterocycles. The molecule has 0 saturated carbocycles. The van der Waals surface area contributed by atoms with E-state index in [1.54, 1.807) is 12.1 Å². The second-order valence-electron chi connectivity index (χ2n) is 13.2. The van der Waals surface area contributed by atoms with Crippen molar-refractivity contribution < 1.29 is 14.2 Å². The van der Waals surface area contributed by atoms with Gasteiger partial charge in [0.1, 0.15) is 5.92 Å². The summed E-state index contributed by atoms with van der Waals surface area (Å²) in [5.74, 6) is -1.69. The van der Waals surface area contributed by atoms with E-state index in [1.807, 2.05) is 160 Å². The molecule has 0 fully saturated rings. The molecule has 3 nitrogen and oxygen atoms in total. The van der Waals surface area contributed by atoms with Gasteiger partial charge in [-0.2, -0.15) is 0 Å². The minimum atomic E-state index is -3.71. The lowest BCUT2D eigenvalue weighted by Crippen LogP contribution is -2.37. The van der Waals surface area contributed by atoms with Crippen molar-refractivity contribution in [3.63, 3.8) is 0 Å². The Kier molecular flexibility index (Phi) is 7.74. The fourth-order valence-electron chi connectivity index (χ4n) is 6.62. The highest BCUT2D eigenvalue weighted by atomic mass is 31.2. The highest BCUT2D eigenvalue weighted by Crippen LogP contribution is 2.48. The van der Waals surface area contributed by atoms with Gasteiger partial charge in [0.2, 0.25) is 0 Å². The summed E-state index contributed by atoms with van der Waals surface area (Å²) in [6.07, 6.45) is 0. The molecule has 0 saturated heterocycles. The van der Waals surface area contributed by atoms with E-state index in [-0.39, 0.29) is 11.6 Å². The van der Waals surface area contributed by atoms with E-state index in [0.717, 1.165) is 32.3 Å². The van der Waals surface area contributed by atoms with Gasteiger partial charge in [0.25, 0.3) is 0 Å². The van der Waals surface area contributed by atoms with E-state index in [9.17, 15) is 9.59 Å². The van der Waals surface area contributed by atoms with Crippen LogP contribution in [0.2, 0.25) is 0 Å². The molecule has 230 valence electrons. The standard InChI is InChI=1S/C43H35O3P/c1-43(2,3)42(45)40(41(44)32-16-5-4-6-17-32)39-37-20-12-11-15-31(37)23-26-38(39)47(46,35-24-21-29-13-7-9-18-33(29)27-35)36-25-22-30-14-8-10-19-34(30)28-36/h4-28,40H,1-3H3. The van der Waals surface area contributed by atoms with E-state index in [4.69, 9.17) is 0 Å². The van der Waals surface area contributed by atoms with E-state index in [0.29, 0.717) is 27.0 Å². The van der Waals surface area contributed by atoms with Crippen LogP contribution in [0.1, 0.15) is 42.6 Å². The van der Waals surface area contributed by atoms with Crippen LogP contribution in [0.4, 0.5) is 0 Å². The molecule has 0 radical (unpaired) electrons. The fourth-order valence-corrected chi connectivity index (χ4v) is 9.56. The van der Waals surface area contributed by atoms with Crippen LogP contribution >= 0.6 is 7.14 Å². The third kappa shape index (κ3) is 5.41. The number of fused-ring (bicyclic) bond motifs is 3. The molecule has 0 aliphatic heterocycles. The van der Waals surface area contributed by atoms with E-state index in [1.165, 1.54) is 0 Å². The van der Waals surface area contributed by atoms with Gasteiger partial charge in [0.15, 0.2) is 18.7 Å². The van der Waals surface area contributed by atoms with Crippen LogP contribution in [0, 0.1) is 5.41 Å². The normalized spacial score (nSPS) is 12.7. The first kappa shape index (κ1) is 30.5. The van der Waals surface area contributed by atoms with Gasteiger partial charge in [-0.25, -0.2) is 0 Å². The first-order chi connectivity index (χ1) is 22.7. The summed E-state index contributed by atoms with van der Waals surface area (Å²) in [5, 5.41) is 7.45. The number of hydrogen-bond acceptors (Lipinski definition) is 3. The van der Waals surface area contributed by atoms with Crippen LogP contribution in [-0.4, -0.2) is 11.6 Å². The fraction of sp³-hybridized carbons (Fsp3) is 0.116. The molecule has 0 amide bonds. The molecular formula is C43H35O3P. The van der Waals surface area contributed by atoms with Crippen molar-refractivity contribution in [2.45, 2.75) is 26.7 Å². The summed E-state index contributed by atoms with van der Waals surface area (Å²) < 4.78 is 16.5. The summed E-state index contributed by atoms with van der Waals surface area (Å²) in [7, 11) is -3.71. The van der Waals surface area contributed by atoms with Crippen molar-refractivity contribution in [3.05, 3.63) is 163 Å². The van der Waals surface area contributed by atoms with Gasteiger partial charge in [-0.05, 0) is 56.1 Å². The van der Waals surface area contributed by atoms with Crippen molar-refractivity contribution in [2.24, 2.45) is 5.41 Å². The highest BCUT2D eigenvalue weighted by molar-refractivity contribution is 7.85. The maximum atomic E-state index is 16.5. The molecular weight excluding hydrogens is 595 g/mol. The molecule has 4 heteroatoms. The molecule has 1 unspecified atom stereocenters. The molecule has 0 aliphatic carbocycles. The van der Waals surface area contributed by atoms with Crippen LogP contribution in [0.3, 0.4) is 0 Å². The van der Waals surface area contributed by atoms with E-state index < -0.39 is 18.5 Å². The Morgan fingerprint density at radius 1 is 0.532 bits per heavy atom. The topological polar surface area (TPSA) is 51.2 Å². The maximum Gasteiger partial charge on any atom is 0.177 e. The predicted molar refractivity (Wildman–Crippen MR) is 196 cm³/mol. The SMILES string of the molecule is CC(C)(C)C(=O)C(C(=O)c1ccccc1)c1c(P(=O)(c2ccc3ccccc3c2)c2ccc3ccccc3c2)ccc2ccccc12. The van der Waals surface area contributed by atoms with Crippen molar-refractivity contribution in [1.82, 2.24) is 0 Å². The molecule has 7 rings (SSSR count). The third-order valence-electron chi connectivity index (χ3n) is 9.09. The van der Waals surface area contributed by atoms with Crippen molar-refractivity contribution >= 4 is 66.9 Å².